The second-order valence-corrected chi connectivity index (χ2v) is 4.28. The molecule has 0 aliphatic carbocycles. The van der Waals surface area contributed by atoms with Gasteiger partial charge in [-0.1, -0.05) is 12.6 Å². The summed E-state index contributed by atoms with van der Waals surface area (Å²) in [6.07, 6.45) is 1.22. The first-order chi connectivity index (χ1) is 6.59. The first-order valence-electron chi connectivity index (χ1n) is 3.92. The van der Waals surface area contributed by atoms with Gasteiger partial charge in [0, 0.05) is 0 Å². The number of aliphatic imine (C=N–C) groups is 1. The van der Waals surface area contributed by atoms with Crippen LogP contribution in [0.1, 0.15) is 6.92 Å². The van der Waals surface area contributed by atoms with Gasteiger partial charge in [0.15, 0.2) is 0 Å². The predicted octanol–water partition coefficient (Wildman–Crippen LogP) is 0.443. The number of fused-ring (bicyclic) bond motifs is 1. The van der Waals surface area contributed by atoms with Crippen LogP contribution >= 0.6 is 24.4 Å². The molecule has 4 nitrogen and oxygen atoms in total. The van der Waals surface area contributed by atoms with Crippen LogP contribution < -0.4 is 0 Å². The third kappa shape index (κ3) is 1.44. The minimum atomic E-state index is -0.476. The third-order valence-electron chi connectivity index (χ3n) is 1.90. The van der Waals surface area contributed by atoms with Crippen LogP contribution in [0.2, 0.25) is 0 Å². The quantitative estimate of drug-likeness (QED) is 0.522. The summed E-state index contributed by atoms with van der Waals surface area (Å²) >= 11 is 5.08. The zero-order chi connectivity index (χ0) is 10.3. The van der Waals surface area contributed by atoms with E-state index in [-0.39, 0.29) is 11.6 Å². The van der Waals surface area contributed by atoms with Crippen molar-refractivity contribution in [2.45, 2.75) is 6.92 Å². The average Bonchev–Trinajstić information content (AvgIpc) is 2.48. The van der Waals surface area contributed by atoms with Crippen LogP contribution in [0.4, 0.5) is 0 Å². The molecule has 0 spiro atoms. The number of nitrogens with zero attached hydrogens (tertiary/aromatic N) is 2. The van der Waals surface area contributed by atoms with E-state index in [2.05, 4.69) is 17.6 Å². The fraction of sp³-hybridized carbons (Fsp3) is 0.250. The molecule has 0 fully saturated rings. The lowest BCUT2D eigenvalue weighted by Gasteiger charge is -2.00. The second kappa shape index (κ2) is 3.36. The Labute approximate surface area is 90.2 Å². The van der Waals surface area contributed by atoms with Gasteiger partial charge in [0.1, 0.15) is 0 Å². The molecule has 0 bridgehead atoms. The van der Waals surface area contributed by atoms with E-state index >= 15 is 0 Å². The lowest BCUT2D eigenvalue weighted by atomic mass is 10.3. The van der Waals surface area contributed by atoms with E-state index < -0.39 is 5.12 Å². The maximum atomic E-state index is 11.5. The number of carbonyl (C=O) groups is 2. The monoisotopic (exact) mass is 227 g/mol. The van der Waals surface area contributed by atoms with E-state index in [1.54, 1.807) is 0 Å². The molecule has 2 aliphatic heterocycles. The summed E-state index contributed by atoms with van der Waals surface area (Å²) in [5.74, 6) is 0.529. The van der Waals surface area contributed by atoms with E-state index in [4.69, 9.17) is 0 Å². The van der Waals surface area contributed by atoms with Gasteiger partial charge in [-0.3, -0.25) is 4.79 Å². The second-order valence-electron chi connectivity index (χ2n) is 2.93. The van der Waals surface area contributed by atoms with Crippen LogP contribution in [0, 0.1) is 0 Å². The number of thioether (sulfide) groups is 1. The molecule has 6 heteroatoms. The highest BCUT2D eigenvalue weighted by Crippen LogP contribution is 2.21. The lowest BCUT2D eigenvalue weighted by molar-refractivity contribution is -0.328. The van der Waals surface area contributed by atoms with Gasteiger partial charge in [-0.25, -0.2) is 4.79 Å². The van der Waals surface area contributed by atoms with Gasteiger partial charge in [0.25, 0.3) is 5.12 Å². The van der Waals surface area contributed by atoms with Crippen molar-refractivity contribution in [3.05, 3.63) is 11.8 Å². The smallest absolute Gasteiger partial charge is 0.278 e. The van der Waals surface area contributed by atoms with E-state index in [0.29, 0.717) is 5.17 Å². The lowest BCUT2D eigenvalue weighted by Crippen LogP contribution is -2.28. The number of hydrogen-bond donors (Lipinski definition) is 1. The van der Waals surface area contributed by atoms with Crippen LogP contribution in [-0.4, -0.2) is 32.2 Å². The molecule has 2 aliphatic rings. The van der Waals surface area contributed by atoms with Crippen molar-refractivity contribution < 1.29 is 14.2 Å². The van der Waals surface area contributed by atoms with Gasteiger partial charge in [-0.05, 0) is 23.7 Å². The molecule has 0 N–H and O–H groups in total. The van der Waals surface area contributed by atoms with Crippen molar-refractivity contribution in [2.75, 3.05) is 5.75 Å². The zero-order valence-electron chi connectivity index (χ0n) is 7.35. The number of amidine groups is 1. The number of rotatable bonds is 1. The molecular formula is C8H7N2O2S2+. The molecule has 0 unspecified atom stereocenters. The molecule has 14 heavy (non-hydrogen) atoms. The van der Waals surface area contributed by atoms with Crippen LogP contribution in [0.15, 0.2) is 16.8 Å². The molecule has 0 aromatic heterocycles. The highest BCUT2D eigenvalue weighted by atomic mass is 32.2. The summed E-state index contributed by atoms with van der Waals surface area (Å²) < 4.78 is 1.52. The van der Waals surface area contributed by atoms with Crippen LogP contribution in [0.3, 0.4) is 0 Å². The molecule has 0 atom stereocenters. The summed E-state index contributed by atoms with van der Waals surface area (Å²) in [7, 11) is 0. The largest absolute Gasteiger partial charge is 0.368 e. The van der Waals surface area contributed by atoms with Crippen LogP contribution in [-0.2, 0) is 9.59 Å². The maximum Gasteiger partial charge on any atom is 0.368 e. The third-order valence-corrected chi connectivity index (χ3v) is 3.22. The predicted molar refractivity (Wildman–Crippen MR) is 57.9 cm³/mol. The zero-order valence-corrected chi connectivity index (χ0v) is 9.06. The Morgan fingerprint density at radius 1 is 1.71 bits per heavy atom. The Hall–Kier alpha value is -0.880. The number of thiol groups is 1. The molecule has 0 aromatic carbocycles. The standard InChI is InChI=1S/C8H6N2O2S2/c1-4-3-14-8-9-5(7(12)13)2-6(11)10(4)8/h2H,3H2,1H3/p+1. The molecular weight excluding hydrogens is 220 g/mol. The van der Waals surface area contributed by atoms with E-state index in [9.17, 15) is 9.59 Å². The first kappa shape index (κ1) is 9.67. The molecule has 0 radical (unpaired) electrons. The topological polar surface area (TPSA) is 49.5 Å². The molecule has 0 aromatic rings. The minimum absolute atomic E-state index is 0.117. The maximum absolute atomic E-state index is 11.5. The fourth-order valence-corrected chi connectivity index (χ4v) is 2.37. The van der Waals surface area contributed by atoms with Crippen molar-refractivity contribution in [3.8, 4) is 0 Å². The molecule has 0 saturated carbocycles. The van der Waals surface area contributed by atoms with Gasteiger partial charge in [0.2, 0.25) is 5.70 Å². The summed E-state index contributed by atoms with van der Waals surface area (Å²) in [5.41, 5.74) is 1.06. The SMILES string of the molecule is CC1=[N+]2C(=O)C=C(C(=O)S)N=C2SC1. The molecule has 2 heterocycles. The Morgan fingerprint density at radius 3 is 3.07 bits per heavy atom. The minimum Gasteiger partial charge on any atom is -0.278 e. The average molecular weight is 227 g/mol. The summed E-state index contributed by atoms with van der Waals surface area (Å²) in [5, 5.41) is 0.100. The van der Waals surface area contributed by atoms with Crippen molar-refractivity contribution in [2.24, 2.45) is 4.99 Å². The molecule has 1 amide bonds. The summed E-state index contributed by atoms with van der Waals surface area (Å²) in [4.78, 5) is 26.5. The first-order valence-corrected chi connectivity index (χ1v) is 5.36. The van der Waals surface area contributed by atoms with Gasteiger partial charge in [0.05, 0.1) is 17.5 Å². The van der Waals surface area contributed by atoms with Crippen molar-refractivity contribution in [3.63, 3.8) is 0 Å². The molecule has 72 valence electrons. The highest BCUT2D eigenvalue weighted by molar-refractivity contribution is 8.14. The number of amides is 1. The fourth-order valence-electron chi connectivity index (χ4n) is 1.25. The van der Waals surface area contributed by atoms with Gasteiger partial charge >= 0.3 is 11.1 Å². The molecule has 0 saturated heterocycles. The van der Waals surface area contributed by atoms with Crippen molar-refractivity contribution in [1.82, 2.24) is 0 Å². The van der Waals surface area contributed by atoms with Gasteiger partial charge in [-0.2, -0.15) is 4.58 Å². The Kier molecular flexibility index (Phi) is 2.32. The van der Waals surface area contributed by atoms with Gasteiger partial charge < -0.3 is 0 Å². The summed E-state index contributed by atoms with van der Waals surface area (Å²) in [6, 6.07) is 0. The van der Waals surface area contributed by atoms with Crippen molar-refractivity contribution >= 4 is 46.3 Å². The summed E-state index contributed by atoms with van der Waals surface area (Å²) in [6.45, 7) is 1.87. The van der Waals surface area contributed by atoms with E-state index in [1.807, 2.05) is 6.92 Å². The molecule has 2 rings (SSSR count). The van der Waals surface area contributed by atoms with E-state index in [0.717, 1.165) is 11.5 Å². The Bertz CT molecular complexity index is 435. The van der Waals surface area contributed by atoms with Crippen LogP contribution in [0.25, 0.3) is 0 Å². The van der Waals surface area contributed by atoms with E-state index in [1.165, 1.54) is 22.4 Å². The number of carbonyl (C=O) groups excluding carboxylic acids is 2. The Morgan fingerprint density at radius 2 is 2.43 bits per heavy atom. The normalized spacial score (nSPS) is 20.6. The number of hydrogen-bond acceptors (Lipinski definition) is 4. The van der Waals surface area contributed by atoms with Gasteiger partial charge in [-0.15, -0.1) is 0 Å². The van der Waals surface area contributed by atoms with Crippen LogP contribution in [0.5, 0.6) is 0 Å². The van der Waals surface area contributed by atoms with Crippen molar-refractivity contribution in [1.29, 1.82) is 0 Å². The Balaban J connectivity index is 2.49. The highest BCUT2D eigenvalue weighted by Gasteiger charge is 2.36.